The van der Waals surface area contributed by atoms with E-state index in [1.54, 1.807) is 6.20 Å². The van der Waals surface area contributed by atoms with E-state index in [1.807, 2.05) is 74.5 Å². The van der Waals surface area contributed by atoms with Crippen molar-refractivity contribution in [3.63, 3.8) is 0 Å². The smallest absolute Gasteiger partial charge is 0.174 e. The minimum absolute atomic E-state index is 0.0898. The van der Waals surface area contributed by atoms with Crippen molar-refractivity contribution >= 4 is 16.7 Å². The summed E-state index contributed by atoms with van der Waals surface area (Å²) in [6.45, 7) is 3.92. The van der Waals surface area contributed by atoms with Gasteiger partial charge in [0.2, 0.25) is 0 Å². The molecule has 1 aromatic heterocycles. The summed E-state index contributed by atoms with van der Waals surface area (Å²) >= 11 is 0. The van der Waals surface area contributed by atoms with E-state index in [2.05, 4.69) is 4.98 Å². The molecule has 104 valence electrons. The van der Waals surface area contributed by atoms with Crippen molar-refractivity contribution < 1.29 is 4.79 Å². The second-order valence-electron chi connectivity index (χ2n) is 5.74. The Morgan fingerprint density at radius 1 is 0.952 bits per heavy atom. The summed E-state index contributed by atoms with van der Waals surface area (Å²) in [6.07, 6.45) is 1.68. The first-order valence-electron chi connectivity index (χ1n) is 7.04. The fraction of sp³-hybridized carbons (Fsp3) is 0.158. The minimum atomic E-state index is -0.564. The zero-order valence-corrected chi connectivity index (χ0v) is 12.2. The first kappa shape index (κ1) is 13.5. The van der Waals surface area contributed by atoms with Gasteiger partial charge in [-0.25, -0.2) is 0 Å². The molecule has 0 aliphatic carbocycles. The molecule has 0 atom stereocenters. The lowest BCUT2D eigenvalue weighted by Gasteiger charge is -2.23. The molecule has 0 bridgehead atoms. The molecule has 0 fully saturated rings. The van der Waals surface area contributed by atoms with Crippen molar-refractivity contribution in [2.45, 2.75) is 19.3 Å². The normalized spacial score (nSPS) is 11.5. The summed E-state index contributed by atoms with van der Waals surface area (Å²) in [5, 5.41) is 0.993. The number of nitrogens with zero attached hydrogens (tertiary/aromatic N) is 1. The summed E-state index contributed by atoms with van der Waals surface area (Å²) in [5.41, 5.74) is 2.02. The Labute approximate surface area is 124 Å². The molecule has 2 heteroatoms. The summed E-state index contributed by atoms with van der Waals surface area (Å²) in [4.78, 5) is 17.3. The predicted molar refractivity (Wildman–Crippen MR) is 85.5 cm³/mol. The van der Waals surface area contributed by atoms with E-state index >= 15 is 0 Å². The van der Waals surface area contributed by atoms with Crippen LogP contribution >= 0.6 is 0 Å². The van der Waals surface area contributed by atoms with Gasteiger partial charge >= 0.3 is 0 Å². The van der Waals surface area contributed by atoms with Crippen LogP contribution in [0.1, 0.15) is 29.8 Å². The van der Waals surface area contributed by atoms with Crippen LogP contribution in [0.2, 0.25) is 0 Å². The molecule has 2 nitrogen and oxygen atoms in total. The van der Waals surface area contributed by atoms with Crippen molar-refractivity contribution in [2.24, 2.45) is 0 Å². The Hall–Kier alpha value is -2.48. The van der Waals surface area contributed by atoms with Crippen molar-refractivity contribution in [1.82, 2.24) is 4.98 Å². The van der Waals surface area contributed by atoms with E-state index in [9.17, 15) is 4.79 Å². The third kappa shape index (κ3) is 2.45. The Morgan fingerprint density at radius 3 is 2.38 bits per heavy atom. The van der Waals surface area contributed by atoms with Gasteiger partial charge in [-0.15, -0.1) is 0 Å². The predicted octanol–water partition coefficient (Wildman–Crippen LogP) is 4.40. The molecule has 0 N–H and O–H groups in total. The van der Waals surface area contributed by atoms with Gasteiger partial charge in [-0.3, -0.25) is 9.78 Å². The number of para-hydroxylation sites is 1. The van der Waals surface area contributed by atoms with Crippen LogP contribution in [0.25, 0.3) is 10.9 Å². The third-order valence-electron chi connectivity index (χ3n) is 3.92. The Balaban J connectivity index is 2.03. The van der Waals surface area contributed by atoms with Crippen LogP contribution in [0.15, 0.2) is 66.9 Å². The molecular formula is C19H17NO. The number of fused-ring (bicyclic) bond motifs is 1. The molecule has 2 aromatic carbocycles. The van der Waals surface area contributed by atoms with Gasteiger partial charge in [-0.1, -0.05) is 48.5 Å². The lowest BCUT2D eigenvalue weighted by molar-refractivity contribution is 0.0908. The van der Waals surface area contributed by atoms with Gasteiger partial charge in [0.05, 0.1) is 10.9 Å². The van der Waals surface area contributed by atoms with Gasteiger partial charge in [0.1, 0.15) is 0 Å². The number of hydrogen-bond donors (Lipinski definition) is 0. The van der Waals surface area contributed by atoms with E-state index in [0.717, 1.165) is 16.5 Å². The van der Waals surface area contributed by atoms with Crippen LogP contribution in [0, 0.1) is 0 Å². The van der Waals surface area contributed by atoms with Crippen LogP contribution in [0.4, 0.5) is 0 Å². The molecule has 0 aliphatic rings. The van der Waals surface area contributed by atoms with Crippen LogP contribution in [0.3, 0.4) is 0 Å². The summed E-state index contributed by atoms with van der Waals surface area (Å²) in [7, 11) is 0. The lowest BCUT2D eigenvalue weighted by atomic mass is 9.78. The maximum atomic E-state index is 12.9. The fourth-order valence-corrected chi connectivity index (χ4v) is 2.54. The average molecular weight is 275 g/mol. The summed E-state index contributed by atoms with van der Waals surface area (Å²) < 4.78 is 0. The Kier molecular flexibility index (Phi) is 3.30. The fourth-order valence-electron chi connectivity index (χ4n) is 2.54. The molecule has 21 heavy (non-hydrogen) atoms. The first-order chi connectivity index (χ1) is 10.1. The number of pyridine rings is 1. The van der Waals surface area contributed by atoms with Crippen molar-refractivity contribution in [3.05, 3.63) is 78.0 Å². The highest BCUT2D eigenvalue weighted by Crippen LogP contribution is 2.28. The quantitative estimate of drug-likeness (QED) is 0.663. The zero-order chi connectivity index (χ0) is 14.9. The van der Waals surface area contributed by atoms with Crippen LogP contribution < -0.4 is 0 Å². The second kappa shape index (κ2) is 5.13. The lowest BCUT2D eigenvalue weighted by Crippen LogP contribution is -2.29. The molecule has 0 saturated carbocycles. The number of ketones is 1. The Morgan fingerprint density at radius 2 is 1.62 bits per heavy atom. The van der Waals surface area contributed by atoms with Gasteiger partial charge in [0, 0.05) is 17.1 Å². The van der Waals surface area contributed by atoms with E-state index in [4.69, 9.17) is 0 Å². The number of benzene rings is 2. The van der Waals surface area contributed by atoms with E-state index in [1.165, 1.54) is 0 Å². The van der Waals surface area contributed by atoms with Gasteiger partial charge in [0.25, 0.3) is 0 Å². The molecule has 3 rings (SSSR count). The maximum absolute atomic E-state index is 12.9. The number of carbonyl (C=O) groups excluding carboxylic acids is 1. The maximum Gasteiger partial charge on any atom is 0.174 e. The number of carbonyl (C=O) groups is 1. The Bertz CT molecular complexity index is 791. The summed E-state index contributed by atoms with van der Waals surface area (Å²) in [6, 6.07) is 19.6. The zero-order valence-electron chi connectivity index (χ0n) is 12.2. The molecule has 0 spiro atoms. The highest BCUT2D eigenvalue weighted by Gasteiger charge is 2.30. The molecule has 1 heterocycles. The van der Waals surface area contributed by atoms with E-state index in [-0.39, 0.29) is 5.78 Å². The number of hydrogen-bond acceptors (Lipinski definition) is 2. The molecule has 0 amide bonds. The number of aromatic nitrogens is 1. The van der Waals surface area contributed by atoms with Gasteiger partial charge in [-0.2, -0.15) is 0 Å². The van der Waals surface area contributed by atoms with E-state index < -0.39 is 5.41 Å². The first-order valence-corrected chi connectivity index (χ1v) is 7.04. The number of Topliss-reactive ketones (excluding diaryl/α,β-unsaturated/α-hetero) is 1. The average Bonchev–Trinajstić information content (AvgIpc) is 2.54. The molecule has 3 aromatic rings. The highest BCUT2D eigenvalue weighted by molar-refractivity contribution is 6.05. The monoisotopic (exact) mass is 275 g/mol. The molecule has 0 aliphatic heterocycles. The van der Waals surface area contributed by atoms with Crippen molar-refractivity contribution in [3.8, 4) is 0 Å². The second-order valence-corrected chi connectivity index (χ2v) is 5.74. The standard InChI is InChI=1S/C19H17NO/c1-19(2,16-9-4-3-5-10-16)18(21)15-12-14-8-6-7-11-17(14)20-13-15/h3-13H,1-2H3. The minimum Gasteiger partial charge on any atom is -0.293 e. The molecular weight excluding hydrogens is 258 g/mol. The van der Waals surface area contributed by atoms with Gasteiger partial charge in [-0.05, 0) is 31.5 Å². The van der Waals surface area contributed by atoms with Gasteiger partial charge in [0.15, 0.2) is 5.78 Å². The van der Waals surface area contributed by atoms with E-state index in [0.29, 0.717) is 5.56 Å². The van der Waals surface area contributed by atoms with Crippen LogP contribution in [-0.4, -0.2) is 10.8 Å². The summed E-state index contributed by atoms with van der Waals surface area (Å²) in [5.74, 6) is 0.0898. The van der Waals surface area contributed by atoms with Crippen LogP contribution in [-0.2, 0) is 5.41 Å². The van der Waals surface area contributed by atoms with Crippen molar-refractivity contribution in [2.75, 3.05) is 0 Å². The molecule has 0 saturated heterocycles. The molecule has 0 radical (unpaired) electrons. The SMILES string of the molecule is CC(C)(C(=O)c1cnc2ccccc2c1)c1ccccc1. The molecule has 0 unspecified atom stereocenters. The van der Waals surface area contributed by atoms with Crippen LogP contribution in [0.5, 0.6) is 0 Å². The topological polar surface area (TPSA) is 30.0 Å². The highest BCUT2D eigenvalue weighted by atomic mass is 16.1. The van der Waals surface area contributed by atoms with Crippen molar-refractivity contribution in [1.29, 1.82) is 0 Å². The van der Waals surface area contributed by atoms with Gasteiger partial charge < -0.3 is 0 Å². The number of rotatable bonds is 3. The third-order valence-corrected chi connectivity index (χ3v) is 3.92. The largest absolute Gasteiger partial charge is 0.293 e.